The molecule has 10 aromatic carbocycles. The Labute approximate surface area is 384 Å². The van der Waals surface area contributed by atoms with Crippen LogP contribution >= 0.6 is 0 Å². The van der Waals surface area contributed by atoms with Gasteiger partial charge in [0.1, 0.15) is 11.2 Å². The van der Waals surface area contributed by atoms with Gasteiger partial charge in [-0.1, -0.05) is 170 Å². The molecule has 6 nitrogen and oxygen atoms in total. The second-order valence-electron chi connectivity index (χ2n) is 17.1. The summed E-state index contributed by atoms with van der Waals surface area (Å²) in [4.78, 5) is 15.1. The fourth-order valence-corrected chi connectivity index (χ4v) is 10.3. The van der Waals surface area contributed by atoms with Gasteiger partial charge in [-0.25, -0.2) is 15.0 Å². The van der Waals surface area contributed by atoms with E-state index in [0.717, 1.165) is 88.5 Å². The highest BCUT2D eigenvalue weighted by atomic mass is 16.3. The van der Waals surface area contributed by atoms with Gasteiger partial charge in [0.25, 0.3) is 0 Å². The minimum Gasteiger partial charge on any atom is -0.455 e. The molecule has 4 aromatic heterocycles. The normalized spacial score (nSPS) is 11.9. The van der Waals surface area contributed by atoms with E-state index < -0.39 is 0 Å². The smallest absolute Gasteiger partial charge is 0.164 e. The predicted molar refractivity (Wildman–Crippen MR) is 275 cm³/mol. The van der Waals surface area contributed by atoms with Crippen LogP contribution < -0.4 is 0 Å². The summed E-state index contributed by atoms with van der Waals surface area (Å²) >= 11 is 0. The minimum atomic E-state index is 0.615. The van der Waals surface area contributed by atoms with Crippen molar-refractivity contribution in [3.8, 4) is 56.7 Å². The van der Waals surface area contributed by atoms with Gasteiger partial charge in [0.15, 0.2) is 17.5 Å². The first-order chi connectivity index (χ1) is 33.2. The van der Waals surface area contributed by atoms with Crippen molar-refractivity contribution in [1.29, 1.82) is 0 Å². The lowest BCUT2D eigenvalue weighted by Crippen LogP contribution is -2.00. The van der Waals surface area contributed by atoms with Crippen LogP contribution in [0.5, 0.6) is 0 Å². The number of benzene rings is 10. The van der Waals surface area contributed by atoms with Gasteiger partial charge in [0, 0.05) is 60.6 Å². The van der Waals surface area contributed by atoms with Crippen LogP contribution in [0.4, 0.5) is 0 Å². The molecule has 0 fully saturated rings. The molecule has 6 heteroatoms. The number of nitrogens with zero attached hydrogens (tertiary/aromatic N) is 5. The molecule has 0 aliphatic heterocycles. The van der Waals surface area contributed by atoms with E-state index in [1.54, 1.807) is 0 Å². The van der Waals surface area contributed by atoms with Crippen molar-refractivity contribution < 1.29 is 4.42 Å². The molecule has 0 atom stereocenters. The maximum atomic E-state index is 6.98. The molecule has 0 unspecified atom stereocenters. The Morgan fingerprint density at radius 2 is 0.881 bits per heavy atom. The van der Waals surface area contributed by atoms with Gasteiger partial charge >= 0.3 is 0 Å². The van der Waals surface area contributed by atoms with E-state index in [-0.39, 0.29) is 0 Å². The molecular formula is C61H37N5O. The van der Waals surface area contributed by atoms with E-state index in [1.165, 1.54) is 27.1 Å². The van der Waals surface area contributed by atoms with Crippen molar-refractivity contribution in [1.82, 2.24) is 24.1 Å². The SMILES string of the molecule is c1ccc(-c2nc(-c3ccccc3)nc(-c3ccc(-c4cc5c6ccccc6oc5c5c6c7ccccc7ccc6n(-c6ccc7c(c6)c6ccccc6n7-c6ccccc6)c45)cc3)n2)cc1. The summed E-state index contributed by atoms with van der Waals surface area (Å²) < 4.78 is 11.8. The zero-order valence-electron chi connectivity index (χ0n) is 36.0. The molecule has 0 aliphatic rings. The molecule has 0 bridgehead atoms. The maximum absolute atomic E-state index is 6.98. The van der Waals surface area contributed by atoms with Crippen LogP contribution in [0.15, 0.2) is 229 Å². The number of aromatic nitrogens is 5. The Hall–Kier alpha value is -9.13. The first-order valence-electron chi connectivity index (χ1n) is 22.6. The van der Waals surface area contributed by atoms with Crippen LogP contribution in [0.3, 0.4) is 0 Å². The molecule has 14 rings (SSSR count). The Morgan fingerprint density at radius 1 is 0.328 bits per heavy atom. The standard InChI is InChI=1S/C61H37N5O/c1-4-17-40(18-5-1)59-62-60(41-19-6-2-7-20-41)64-61(63-59)42-30-28-39(29-31-42)48-37-50-47-25-13-15-27-54(47)67-58(50)56-55-45-23-11-10-16-38(45)32-34-53(55)66(57(48)56)44-33-35-52-49(36-44)46-24-12-14-26-51(46)65(52)43-21-8-3-9-22-43/h1-37H. The van der Waals surface area contributed by atoms with E-state index in [1.807, 2.05) is 60.7 Å². The molecule has 0 N–H and O–H groups in total. The zero-order valence-corrected chi connectivity index (χ0v) is 36.0. The van der Waals surface area contributed by atoms with Crippen molar-refractivity contribution in [2.75, 3.05) is 0 Å². The number of furan rings is 1. The Balaban J connectivity index is 1.05. The second kappa shape index (κ2) is 14.7. The Morgan fingerprint density at radius 3 is 1.60 bits per heavy atom. The first-order valence-corrected chi connectivity index (χ1v) is 22.6. The largest absolute Gasteiger partial charge is 0.455 e. The van der Waals surface area contributed by atoms with Gasteiger partial charge in [-0.15, -0.1) is 0 Å². The van der Waals surface area contributed by atoms with Crippen LogP contribution in [0.2, 0.25) is 0 Å². The average Bonchev–Trinajstić information content (AvgIpc) is 4.07. The number of rotatable bonds is 6. The van der Waals surface area contributed by atoms with Gasteiger partial charge in [0.2, 0.25) is 0 Å². The third-order valence-corrected chi connectivity index (χ3v) is 13.3. The van der Waals surface area contributed by atoms with Crippen molar-refractivity contribution in [3.63, 3.8) is 0 Å². The summed E-state index contributed by atoms with van der Waals surface area (Å²) in [5.74, 6) is 1.88. The second-order valence-corrected chi connectivity index (χ2v) is 17.1. The summed E-state index contributed by atoms with van der Waals surface area (Å²) in [5.41, 5.74) is 13.4. The molecule has 0 saturated heterocycles. The maximum Gasteiger partial charge on any atom is 0.164 e. The molecule has 0 aliphatic carbocycles. The fourth-order valence-electron chi connectivity index (χ4n) is 10.3. The lowest BCUT2D eigenvalue weighted by Gasteiger charge is -2.14. The van der Waals surface area contributed by atoms with Crippen molar-refractivity contribution in [3.05, 3.63) is 224 Å². The van der Waals surface area contributed by atoms with Crippen molar-refractivity contribution >= 4 is 76.3 Å². The Bertz CT molecular complexity index is 4190. The fraction of sp³-hybridized carbons (Fsp3) is 0. The highest BCUT2D eigenvalue weighted by Crippen LogP contribution is 2.48. The molecular weight excluding hydrogens is 819 g/mol. The number of para-hydroxylation sites is 3. The number of hydrogen-bond donors (Lipinski definition) is 0. The monoisotopic (exact) mass is 855 g/mol. The summed E-state index contributed by atoms with van der Waals surface area (Å²) in [6.07, 6.45) is 0. The van der Waals surface area contributed by atoms with Crippen LogP contribution in [0.1, 0.15) is 0 Å². The van der Waals surface area contributed by atoms with Crippen molar-refractivity contribution in [2.45, 2.75) is 0 Å². The van der Waals surface area contributed by atoms with Crippen LogP contribution in [-0.4, -0.2) is 24.1 Å². The number of fused-ring (bicyclic) bond motifs is 12. The molecule has 67 heavy (non-hydrogen) atoms. The highest BCUT2D eigenvalue weighted by Gasteiger charge is 2.25. The molecule has 0 spiro atoms. The molecule has 4 heterocycles. The van der Waals surface area contributed by atoms with E-state index in [0.29, 0.717) is 17.5 Å². The molecule has 312 valence electrons. The highest BCUT2D eigenvalue weighted by molar-refractivity contribution is 6.32. The van der Waals surface area contributed by atoms with Gasteiger partial charge in [-0.05, 0) is 70.9 Å². The summed E-state index contributed by atoms with van der Waals surface area (Å²) in [5, 5.41) is 9.15. The third kappa shape index (κ3) is 5.80. The van der Waals surface area contributed by atoms with Crippen LogP contribution in [-0.2, 0) is 0 Å². The Kier molecular flexibility index (Phi) is 8.18. The minimum absolute atomic E-state index is 0.615. The quantitative estimate of drug-likeness (QED) is 0.167. The lowest BCUT2D eigenvalue weighted by molar-refractivity contribution is 0.673. The summed E-state index contributed by atoms with van der Waals surface area (Å²) in [6, 6.07) is 79.2. The van der Waals surface area contributed by atoms with E-state index in [9.17, 15) is 0 Å². The van der Waals surface area contributed by atoms with E-state index >= 15 is 0 Å². The molecule has 0 amide bonds. The summed E-state index contributed by atoms with van der Waals surface area (Å²) in [6.45, 7) is 0. The van der Waals surface area contributed by atoms with E-state index in [2.05, 4.69) is 173 Å². The topological polar surface area (TPSA) is 61.7 Å². The average molecular weight is 856 g/mol. The first kappa shape index (κ1) is 37.3. The van der Waals surface area contributed by atoms with Crippen LogP contribution in [0.25, 0.3) is 133 Å². The van der Waals surface area contributed by atoms with Gasteiger partial charge in [-0.3, -0.25) is 0 Å². The summed E-state index contributed by atoms with van der Waals surface area (Å²) in [7, 11) is 0. The zero-order chi connectivity index (χ0) is 44.0. The molecule has 0 saturated carbocycles. The third-order valence-electron chi connectivity index (χ3n) is 13.3. The van der Waals surface area contributed by atoms with Gasteiger partial charge < -0.3 is 13.6 Å². The van der Waals surface area contributed by atoms with E-state index in [4.69, 9.17) is 19.4 Å². The lowest BCUT2D eigenvalue weighted by atomic mass is 9.96. The van der Waals surface area contributed by atoms with Gasteiger partial charge in [0.05, 0.1) is 27.5 Å². The van der Waals surface area contributed by atoms with Crippen molar-refractivity contribution in [2.24, 2.45) is 0 Å². The predicted octanol–water partition coefficient (Wildman–Crippen LogP) is 15.8. The molecule has 0 radical (unpaired) electrons. The van der Waals surface area contributed by atoms with Gasteiger partial charge in [-0.2, -0.15) is 0 Å². The van der Waals surface area contributed by atoms with Crippen LogP contribution in [0, 0.1) is 0 Å². The molecule has 14 aromatic rings. The number of hydrogen-bond acceptors (Lipinski definition) is 4.